The maximum Gasteiger partial charge on any atom is 0.160 e. The van der Waals surface area contributed by atoms with E-state index < -0.39 is 0 Å². The summed E-state index contributed by atoms with van der Waals surface area (Å²) in [7, 11) is 2.15. The van der Waals surface area contributed by atoms with Gasteiger partial charge in [-0.3, -0.25) is 4.98 Å². The van der Waals surface area contributed by atoms with Gasteiger partial charge in [0, 0.05) is 13.1 Å². The number of nitrogen functional groups attached to an aromatic ring is 1. The number of aromatic nitrogens is 2. The Bertz CT molecular complexity index is 342. The Balaban J connectivity index is 1.84. The molecule has 0 radical (unpaired) electrons. The van der Waals surface area contributed by atoms with Crippen LogP contribution < -0.4 is 16.6 Å². The van der Waals surface area contributed by atoms with E-state index >= 15 is 0 Å². The van der Waals surface area contributed by atoms with Crippen molar-refractivity contribution in [3.8, 4) is 0 Å². The highest BCUT2D eigenvalue weighted by Gasteiger charge is 2.18. The lowest BCUT2D eigenvalue weighted by atomic mass is 10.1. The van der Waals surface area contributed by atoms with Crippen LogP contribution in [-0.2, 0) is 0 Å². The molecule has 1 saturated heterocycles. The number of nitrogens with one attached hydrogen (secondary N) is 2. The minimum Gasteiger partial charge on any atom is -0.368 e. The molecule has 0 saturated carbocycles. The Morgan fingerprint density at radius 3 is 3.00 bits per heavy atom. The molecule has 6 nitrogen and oxygen atoms in total. The third-order valence-electron chi connectivity index (χ3n) is 2.84. The van der Waals surface area contributed by atoms with Crippen molar-refractivity contribution >= 4 is 11.6 Å². The minimum atomic E-state index is 0.577. The van der Waals surface area contributed by atoms with E-state index in [1.807, 2.05) is 0 Å². The fraction of sp³-hybridized carbons (Fsp3) is 0.600. The summed E-state index contributed by atoms with van der Waals surface area (Å²) in [4.78, 5) is 10.6. The van der Waals surface area contributed by atoms with E-state index in [0.717, 1.165) is 18.9 Å². The lowest BCUT2D eigenvalue weighted by Crippen LogP contribution is -2.19. The van der Waals surface area contributed by atoms with Crippen LogP contribution in [0.3, 0.4) is 0 Å². The molecule has 0 bridgehead atoms. The Kier molecular flexibility index (Phi) is 3.53. The molecule has 0 spiro atoms. The first-order chi connectivity index (χ1) is 7.78. The zero-order chi connectivity index (χ0) is 11.4. The summed E-state index contributed by atoms with van der Waals surface area (Å²) in [6.45, 7) is 3.27. The molecule has 1 aromatic rings. The van der Waals surface area contributed by atoms with Crippen molar-refractivity contribution < 1.29 is 0 Å². The molecule has 1 fully saturated rings. The van der Waals surface area contributed by atoms with Gasteiger partial charge in [0.25, 0.3) is 0 Å². The number of nitrogens with two attached hydrogens (primary N) is 1. The van der Waals surface area contributed by atoms with Crippen molar-refractivity contribution in [3.05, 3.63) is 12.4 Å². The zero-order valence-corrected chi connectivity index (χ0v) is 9.48. The molecule has 2 rings (SSSR count). The minimum absolute atomic E-state index is 0.577. The predicted octanol–water partition coefficient (Wildman–Crippen LogP) is 0.126. The van der Waals surface area contributed by atoms with Gasteiger partial charge in [-0.2, -0.15) is 0 Å². The van der Waals surface area contributed by atoms with Gasteiger partial charge in [-0.15, -0.1) is 0 Å². The van der Waals surface area contributed by atoms with Crippen molar-refractivity contribution in [2.45, 2.75) is 6.42 Å². The topological polar surface area (TPSA) is 79.1 Å². The van der Waals surface area contributed by atoms with Crippen LogP contribution in [0.1, 0.15) is 6.42 Å². The lowest BCUT2D eigenvalue weighted by Gasteiger charge is -2.12. The molecule has 1 aliphatic rings. The van der Waals surface area contributed by atoms with Crippen LogP contribution >= 0.6 is 0 Å². The second-order valence-electron chi connectivity index (χ2n) is 4.23. The Labute approximate surface area is 95.2 Å². The van der Waals surface area contributed by atoms with Gasteiger partial charge in [0.1, 0.15) is 5.82 Å². The van der Waals surface area contributed by atoms with Gasteiger partial charge in [0.05, 0.1) is 12.4 Å². The number of hydrazine groups is 1. The summed E-state index contributed by atoms with van der Waals surface area (Å²) in [5.74, 6) is 7.31. The molecule has 1 atom stereocenters. The van der Waals surface area contributed by atoms with E-state index in [9.17, 15) is 0 Å². The van der Waals surface area contributed by atoms with Gasteiger partial charge in [-0.1, -0.05) is 0 Å². The fourth-order valence-corrected chi connectivity index (χ4v) is 1.96. The summed E-state index contributed by atoms with van der Waals surface area (Å²) in [6.07, 6.45) is 4.54. The van der Waals surface area contributed by atoms with E-state index in [0.29, 0.717) is 11.7 Å². The van der Waals surface area contributed by atoms with Crippen molar-refractivity contribution in [1.82, 2.24) is 14.9 Å². The average molecular weight is 222 g/mol. The van der Waals surface area contributed by atoms with Crippen LogP contribution in [0.15, 0.2) is 12.4 Å². The Morgan fingerprint density at radius 2 is 2.31 bits per heavy atom. The molecule has 4 N–H and O–H groups in total. The van der Waals surface area contributed by atoms with Crippen molar-refractivity contribution in [1.29, 1.82) is 0 Å². The average Bonchev–Trinajstić information content (AvgIpc) is 2.73. The van der Waals surface area contributed by atoms with Crippen molar-refractivity contribution in [2.75, 3.05) is 37.4 Å². The summed E-state index contributed by atoms with van der Waals surface area (Å²) < 4.78 is 0. The standard InChI is InChI=1S/C10H18N6/c1-16-3-2-8(7-16)4-13-9-5-12-6-10(14-9)15-11/h5-6,8H,2-4,7,11H2,1H3,(H2,13,14,15). The van der Waals surface area contributed by atoms with Gasteiger partial charge >= 0.3 is 0 Å². The number of anilines is 2. The van der Waals surface area contributed by atoms with Crippen LogP contribution in [0.25, 0.3) is 0 Å². The van der Waals surface area contributed by atoms with Gasteiger partial charge < -0.3 is 15.6 Å². The van der Waals surface area contributed by atoms with Gasteiger partial charge in [-0.25, -0.2) is 10.8 Å². The van der Waals surface area contributed by atoms with Crippen molar-refractivity contribution in [3.63, 3.8) is 0 Å². The quantitative estimate of drug-likeness (QED) is 0.496. The lowest BCUT2D eigenvalue weighted by molar-refractivity contribution is 0.399. The SMILES string of the molecule is CN1CCC(CNc2cncc(NN)n2)C1. The zero-order valence-electron chi connectivity index (χ0n) is 9.48. The number of likely N-dealkylation sites (tertiary alicyclic amines) is 1. The van der Waals surface area contributed by atoms with Gasteiger partial charge in [0.15, 0.2) is 5.82 Å². The largest absolute Gasteiger partial charge is 0.368 e. The Hall–Kier alpha value is -1.40. The number of nitrogens with zero attached hydrogens (tertiary/aromatic N) is 3. The molecule has 0 aromatic carbocycles. The highest BCUT2D eigenvalue weighted by atomic mass is 15.3. The van der Waals surface area contributed by atoms with Crippen LogP contribution in [0, 0.1) is 5.92 Å². The van der Waals surface area contributed by atoms with E-state index in [2.05, 4.69) is 32.7 Å². The molecule has 2 heterocycles. The van der Waals surface area contributed by atoms with Crippen LogP contribution in [0.5, 0.6) is 0 Å². The van der Waals surface area contributed by atoms with Crippen LogP contribution in [0.4, 0.5) is 11.6 Å². The first-order valence-corrected chi connectivity index (χ1v) is 5.49. The maximum absolute atomic E-state index is 5.27. The number of hydrogen-bond acceptors (Lipinski definition) is 6. The third-order valence-corrected chi connectivity index (χ3v) is 2.84. The molecule has 16 heavy (non-hydrogen) atoms. The first-order valence-electron chi connectivity index (χ1n) is 5.49. The maximum atomic E-state index is 5.27. The highest BCUT2D eigenvalue weighted by molar-refractivity contribution is 5.40. The molecule has 88 valence electrons. The molecule has 1 unspecified atom stereocenters. The normalized spacial score (nSPS) is 21.0. The number of rotatable bonds is 4. The van der Waals surface area contributed by atoms with Crippen molar-refractivity contribution in [2.24, 2.45) is 11.8 Å². The number of hydrogen-bond donors (Lipinski definition) is 3. The van der Waals surface area contributed by atoms with Crippen LogP contribution in [0.2, 0.25) is 0 Å². The molecule has 0 amide bonds. The third kappa shape index (κ3) is 2.80. The van der Waals surface area contributed by atoms with E-state index in [4.69, 9.17) is 5.84 Å². The second-order valence-corrected chi connectivity index (χ2v) is 4.23. The second kappa shape index (κ2) is 5.09. The molecule has 1 aliphatic heterocycles. The molecule has 6 heteroatoms. The van der Waals surface area contributed by atoms with Crippen LogP contribution in [-0.4, -0.2) is 41.5 Å². The Morgan fingerprint density at radius 1 is 1.50 bits per heavy atom. The van der Waals surface area contributed by atoms with Gasteiger partial charge in [0.2, 0.25) is 0 Å². The predicted molar refractivity (Wildman–Crippen MR) is 63.9 cm³/mol. The monoisotopic (exact) mass is 222 g/mol. The molecular weight excluding hydrogens is 204 g/mol. The van der Waals surface area contributed by atoms with E-state index in [1.165, 1.54) is 13.0 Å². The van der Waals surface area contributed by atoms with E-state index in [1.54, 1.807) is 12.4 Å². The summed E-state index contributed by atoms with van der Waals surface area (Å²) in [6, 6.07) is 0. The summed E-state index contributed by atoms with van der Waals surface area (Å²) in [5.41, 5.74) is 2.48. The molecule has 0 aliphatic carbocycles. The summed E-state index contributed by atoms with van der Waals surface area (Å²) in [5, 5.41) is 3.29. The smallest absolute Gasteiger partial charge is 0.160 e. The molecular formula is C10H18N6. The summed E-state index contributed by atoms with van der Waals surface area (Å²) >= 11 is 0. The highest BCUT2D eigenvalue weighted by Crippen LogP contribution is 2.15. The first kappa shape index (κ1) is 11.1. The fourth-order valence-electron chi connectivity index (χ4n) is 1.96. The van der Waals surface area contributed by atoms with E-state index in [-0.39, 0.29) is 0 Å². The van der Waals surface area contributed by atoms with Gasteiger partial charge in [-0.05, 0) is 25.9 Å². The molecule has 1 aromatic heterocycles.